The Labute approximate surface area is 88.3 Å². The number of carbonyl (C=O) groups is 1. The average Bonchev–Trinajstić information content (AvgIpc) is 2.39. The molecule has 1 aliphatic rings. The van der Waals surface area contributed by atoms with E-state index in [1.807, 2.05) is 0 Å². The Bertz CT molecular complexity index is 163. The molecule has 0 N–H and O–H groups in total. The second kappa shape index (κ2) is 7.03. The van der Waals surface area contributed by atoms with Crippen LogP contribution in [-0.4, -0.2) is 5.78 Å². The summed E-state index contributed by atoms with van der Waals surface area (Å²) in [4.78, 5) is 11.7. The molecule has 82 valence electrons. The predicted molar refractivity (Wildman–Crippen MR) is 60.3 cm³/mol. The van der Waals surface area contributed by atoms with Crippen LogP contribution in [0.2, 0.25) is 0 Å². The number of carbonyl (C=O) groups excluding carboxylic acids is 1. The van der Waals surface area contributed by atoms with Crippen LogP contribution in [0, 0.1) is 5.92 Å². The van der Waals surface area contributed by atoms with Crippen LogP contribution in [-0.2, 0) is 4.79 Å². The number of hydrogen-bond donors (Lipinski definition) is 0. The van der Waals surface area contributed by atoms with Crippen molar-refractivity contribution < 1.29 is 4.79 Å². The molecule has 1 nitrogen and oxygen atoms in total. The summed E-state index contributed by atoms with van der Waals surface area (Å²) >= 11 is 0. The van der Waals surface area contributed by atoms with Crippen molar-refractivity contribution in [3.05, 3.63) is 0 Å². The molecule has 0 spiro atoms. The molecular weight excluding hydrogens is 172 g/mol. The van der Waals surface area contributed by atoms with Crippen molar-refractivity contribution in [3.63, 3.8) is 0 Å². The Morgan fingerprint density at radius 2 is 2.00 bits per heavy atom. The molecule has 14 heavy (non-hydrogen) atoms. The van der Waals surface area contributed by atoms with Crippen LogP contribution in [0.4, 0.5) is 0 Å². The third-order valence-electron chi connectivity index (χ3n) is 3.34. The van der Waals surface area contributed by atoms with E-state index in [0.717, 1.165) is 12.8 Å². The number of unbranched alkanes of at least 4 members (excludes halogenated alkanes) is 3. The van der Waals surface area contributed by atoms with Gasteiger partial charge in [-0.3, -0.25) is 4.79 Å². The average molecular weight is 196 g/mol. The van der Waals surface area contributed by atoms with Gasteiger partial charge in [-0.05, 0) is 19.3 Å². The monoisotopic (exact) mass is 196 g/mol. The summed E-state index contributed by atoms with van der Waals surface area (Å²) in [5, 5.41) is 0. The molecule has 0 bridgehead atoms. The summed E-state index contributed by atoms with van der Waals surface area (Å²) in [6.07, 6.45) is 12.1. The van der Waals surface area contributed by atoms with Gasteiger partial charge in [0.25, 0.3) is 0 Å². The first kappa shape index (κ1) is 11.7. The van der Waals surface area contributed by atoms with Crippen molar-refractivity contribution in [2.24, 2.45) is 5.92 Å². The smallest absolute Gasteiger partial charge is 0.135 e. The molecule has 0 aromatic rings. The van der Waals surface area contributed by atoms with Crippen molar-refractivity contribution in [1.82, 2.24) is 0 Å². The molecule has 0 saturated heterocycles. The molecule has 1 unspecified atom stereocenters. The van der Waals surface area contributed by atoms with E-state index in [1.165, 1.54) is 51.4 Å². The van der Waals surface area contributed by atoms with Crippen LogP contribution in [0.25, 0.3) is 0 Å². The van der Waals surface area contributed by atoms with Crippen molar-refractivity contribution in [3.8, 4) is 0 Å². The van der Waals surface area contributed by atoms with Crippen LogP contribution < -0.4 is 0 Å². The lowest BCUT2D eigenvalue weighted by Gasteiger charge is -2.11. The van der Waals surface area contributed by atoms with Crippen LogP contribution in [0.15, 0.2) is 0 Å². The van der Waals surface area contributed by atoms with Gasteiger partial charge >= 0.3 is 0 Å². The minimum absolute atomic E-state index is 0.425. The number of rotatable bonds is 5. The molecule has 1 fully saturated rings. The van der Waals surface area contributed by atoms with Gasteiger partial charge in [-0.25, -0.2) is 0 Å². The van der Waals surface area contributed by atoms with E-state index in [2.05, 4.69) is 6.92 Å². The van der Waals surface area contributed by atoms with E-state index in [9.17, 15) is 4.79 Å². The predicted octanol–water partition coefficient (Wildman–Crippen LogP) is 4.11. The second-order valence-electron chi connectivity index (χ2n) is 4.61. The molecule has 0 amide bonds. The molecule has 0 aromatic heterocycles. The van der Waals surface area contributed by atoms with Crippen LogP contribution in [0.3, 0.4) is 0 Å². The Hall–Kier alpha value is -0.330. The van der Waals surface area contributed by atoms with Gasteiger partial charge in [-0.2, -0.15) is 0 Å². The lowest BCUT2D eigenvalue weighted by molar-refractivity contribution is -0.122. The van der Waals surface area contributed by atoms with E-state index in [-0.39, 0.29) is 0 Å². The Balaban J connectivity index is 2.16. The van der Waals surface area contributed by atoms with Gasteiger partial charge < -0.3 is 0 Å². The normalized spacial score (nSPS) is 23.5. The highest BCUT2D eigenvalue weighted by molar-refractivity contribution is 5.81. The highest BCUT2D eigenvalue weighted by atomic mass is 16.1. The topological polar surface area (TPSA) is 17.1 Å². The fourth-order valence-corrected chi connectivity index (χ4v) is 2.35. The standard InChI is InChI=1S/C13H24O/c1-2-3-4-6-9-12-10-7-5-8-11-13(12)14/h12H,2-11H2,1H3. The zero-order chi connectivity index (χ0) is 10.2. The Morgan fingerprint density at radius 1 is 1.14 bits per heavy atom. The summed E-state index contributed by atoms with van der Waals surface area (Å²) in [6.45, 7) is 2.23. The summed E-state index contributed by atoms with van der Waals surface area (Å²) in [7, 11) is 0. The fourth-order valence-electron chi connectivity index (χ4n) is 2.35. The highest BCUT2D eigenvalue weighted by Crippen LogP contribution is 2.24. The number of ketones is 1. The lowest BCUT2D eigenvalue weighted by Crippen LogP contribution is -2.12. The van der Waals surface area contributed by atoms with Crippen LogP contribution >= 0.6 is 0 Å². The maximum absolute atomic E-state index is 11.7. The third kappa shape index (κ3) is 4.26. The number of Topliss-reactive ketones (excluding diaryl/α,β-unsaturated/α-hetero) is 1. The Morgan fingerprint density at radius 3 is 2.79 bits per heavy atom. The van der Waals surface area contributed by atoms with Crippen LogP contribution in [0.1, 0.15) is 71.1 Å². The Kier molecular flexibility index (Phi) is 5.89. The maximum atomic E-state index is 11.7. The molecule has 1 rings (SSSR count). The van der Waals surface area contributed by atoms with Crippen LogP contribution in [0.5, 0.6) is 0 Å². The highest BCUT2D eigenvalue weighted by Gasteiger charge is 2.19. The van der Waals surface area contributed by atoms with Crippen molar-refractivity contribution in [2.45, 2.75) is 71.1 Å². The number of hydrogen-bond acceptors (Lipinski definition) is 1. The lowest BCUT2D eigenvalue weighted by atomic mass is 9.92. The van der Waals surface area contributed by atoms with Gasteiger partial charge in [0.2, 0.25) is 0 Å². The zero-order valence-corrected chi connectivity index (χ0v) is 9.56. The SMILES string of the molecule is CCCCCCC1CCCCCC1=O. The van der Waals surface area contributed by atoms with Gasteiger partial charge in [0, 0.05) is 12.3 Å². The molecular formula is C13H24O. The molecule has 0 aromatic carbocycles. The first-order valence-electron chi connectivity index (χ1n) is 6.37. The van der Waals surface area contributed by atoms with Gasteiger partial charge in [0.1, 0.15) is 5.78 Å². The largest absolute Gasteiger partial charge is 0.299 e. The molecule has 1 aliphatic carbocycles. The third-order valence-corrected chi connectivity index (χ3v) is 3.34. The van der Waals surface area contributed by atoms with E-state index >= 15 is 0 Å². The summed E-state index contributed by atoms with van der Waals surface area (Å²) in [5.41, 5.74) is 0. The summed E-state index contributed by atoms with van der Waals surface area (Å²) in [6, 6.07) is 0. The summed E-state index contributed by atoms with van der Waals surface area (Å²) < 4.78 is 0. The van der Waals surface area contributed by atoms with Gasteiger partial charge in [0.15, 0.2) is 0 Å². The first-order chi connectivity index (χ1) is 6.84. The fraction of sp³-hybridized carbons (Fsp3) is 0.923. The van der Waals surface area contributed by atoms with Gasteiger partial charge in [0.05, 0.1) is 0 Å². The van der Waals surface area contributed by atoms with E-state index in [0.29, 0.717) is 11.7 Å². The van der Waals surface area contributed by atoms with E-state index in [1.54, 1.807) is 0 Å². The van der Waals surface area contributed by atoms with E-state index < -0.39 is 0 Å². The van der Waals surface area contributed by atoms with Gasteiger partial charge in [-0.1, -0.05) is 45.4 Å². The molecule has 0 heterocycles. The molecule has 0 aliphatic heterocycles. The minimum Gasteiger partial charge on any atom is -0.299 e. The molecule has 1 saturated carbocycles. The molecule has 1 heteroatoms. The van der Waals surface area contributed by atoms with Crippen molar-refractivity contribution >= 4 is 5.78 Å². The molecule has 0 radical (unpaired) electrons. The zero-order valence-electron chi connectivity index (χ0n) is 9.56. The second-order valence-corrected chi connectivity index (χ2v) is 4.61. The van der Waals surface area contributed by atoms with Crippen molar-refractivity contribution in [2.75, 3.05) is 0 Å². The molecule has 1 atom stereocenters. The maximum Gasteiger partial charge on any atom is 0.135 e. The van der Waals surface area contributed by atoms with E-state index in [4.69, 9.17) is 0 Å². The van der Waals surface area contributed by atoms with Gasteiger partial charge in [-0.15, -0.1) is 0 Å². The minimum atomic E-state index is 0.425. The van der Waals surface area contributed by atoms with Crippen molar-refractivity contribution in [1.29, 1.82) is 0 Å². The quantitative estimate of drug-likeness (QED) is 0.478. The summed E-state index contributed by atoms with van der Waals surface area (Å²) in [5.74, 6) is 0.980. The first-order valence-corrected chi connectivity index (χ1v) is 6.37.